The number of nitrogens with zero attached hydrogens (tertiary/aromatic N) is 2. The van der Waals surface area contributed by atoms with Gasteiger partial charge in [0.15, 0.2) is 0 Å². The summed E-state index contributed by atoms with van der Waals surface area (Å²) >= 11 is 0. The highest BCUT2D eigenvalue weighted by Gasteiger charge is 2.26. The van der Waals surface area contributed by atoms with Gasteiger partial charge in [0.25, 0.3) is 0 Å². The molecule has 0 aromatic carbocycles. The highest BCUT2D eigenvalue weighted by atomic mass is 16.5. The molecule has 0 aliphatic heterocycles. The first kappa shape index (κ1) is 14.3. The second kappa shape index (κ2) is 6.33. The summed E-state index contributed by atoms with van der Waals surface area (Å²) in [7, 11) is 0. The third kappa shape index (κ3) is 3.66. The molecule has 0 saturated heterocycles. The number of aromatic nitrogens is 2. The zero-order valence-corrected chi connectivity index (χ0v) is 12.2. The molecule has 1 aliphatic carbocycles. The average molecular weight is 263 g/mol. The van der Waals surface area contributed by atoms with Gasteiger partial charge in [-0.1, -0.05) is 20.3 Å². The molecule has 1 aliphatic rings. The van der Waals surface area contributed by atoms with Gasteiger partial charge in [-0.15, -0.1) is 0 Å². The second-order valence-corrected chi connectivity index (χ2v) is 5.86. The Balaban J connectivity index is 1.99. The quantitative estimate of drug-likeness (QED) is 0.887. The van der Waals surface area contributed by atoms with Crippen LogP contribution in [0.1, 0.15) is 50.5 Å². The van der Waals surface area contributed by atoms with Crippen LogP contribution in [0.5, 0.6) is 5.88 Å². The smallest absolute Gasteiger partial charge is 0.216 e. The average Bonchev–Trinajstić information content (AvgIpc) is 2.83. The maximum Gasteiger partial charge on any atom is 0.216 e. The maximum absolute atomic E-state index is 5.89. The highest BCUT2D eigenvalue weighted by molar-refractivity contribution is 5.16. The van der Waals surface area contributed by atoms with Crippen LogP contribution >= 0.6 is 0 Å². The predicted molar refractivity (Wildman–Crippen MR) is 76.2 cm³/mol. The fraction of sp³-hybridized carbons (Fsp3) is 0.733. The van der Waals surface area contributed by atoms with E-state index in [4.69, 9.17) is 10.5 Å². The minimum atomic E-state index is 0.325. The minimum Gasteiger partial charge on any atom is -0.477 e. The molecule has 2 N–H and O–H groups in total. The van der Waals surface area contributed by atoms with Crippen LogP contribution < -0.4 is 10.5 Å². The van der Waals surface area contributed by atoms with Crippen molar-refractivity contribution in [3.63, 3.8) is 0 Å². The van der Waals surface area contributed by atoms with Gasteiger partial charge in [-0.05, 0) is 38.1 Å². The first-order valence-corrected chi connectivity index (χ1v) is 7.28. The molecule has 2 rings (SSSR count). The van der Waals surface area contributed by atoms with Crippen molar-refractivity contribution < 1.29 is 4.74 Å². The van der Waals surface area contributed by atoms with Crippen molar-refractivity contribution in [2.45, 2.75) is 46.0 Å². The van der Waals surface area contributed by atoms with E-state index in [9.17, 15) is 0 Å². The lowest BCUT2D eigenvalue weighted by molar-refractivity contribution is 0.209. The number of aryl methyl sites for hydroxylation is 1. The van der Waals surface area contributed by atoms with Gasteiger partial charge in [-0.2, -0.15) is 4.98 Å². The van der Waals surface area contributed by atoms with Crippen LogP contribution in [-0.2, 0) is 0 Å². The number of hydrogen-bond donors (Lipinski definition) is 1. The van der Waals surface area contributed by atoms with Gasteiger partial charge in [0, 0.05) is 17.7 Å². The molecular weight excluding hydrogens is 238 g/mol. The zero-order chi connectivity index (χ0) is 13.8. The summed E-state index contributed by atoms with van der Waals surface area (Å²) < 4.78 is 5.89. The van der Waals surface area contributed by atoms with Gasteiger partial charge in [0.2, 0.25) is 5.88 Å². The van der Waals surface area contributed by atoms with Gasteiger partial charge in [-0.25, -0.2) is 4.98 Å². The van der Waals surface area contributed by atoms with Crippen LogP contribution in [0.2, 0.25) is 0 Å². The summed E-state index contributed by atoms with van der Waals surface area (Å²) in [6.45, 7) is 7.68. The lowest BCUT2D eigenvalue weighted by atomic mass is 9.97. The van der Waals surface area contributed by atoms with E-state index in [1.165, 1.54) is 19.3 Å². The Morgan fingerprint density at radius 2 is 2.05 bits per heavy atom. The molecule has 0 bridgehead atoms. The molecule has 1 heterocycles. The Hall–Kier alpha value is -1.16. The Labute approximate surface area is 115 Å². The molecule has 106 valence electrons. The van der Waals surface area contributed by atoms with Gasteiger partial charge < -0.3 is 10.5 Å². The predicted octanol–water partition coefficient (Wildman–Crippen LogP) is 2.66. The molecule has 1 saturated carbocycles. The molecule has 0 amide bonds. The lowest BCUT2D eigenvalue weighted by Crippen LogP contribution is -2.23. The molecule has 4 heteroatoms. The Morgan fingerprint density at radius 1 is 1.32 bits per heavy atom. The van der Waals surface area contributed by atoms with Crippen LogP contribution in [0.3, 0.4) is 0 Å². The molecule has 2 unspecified atom stereocenters. The standard InChI is InChI=1S/C15H25N3O/c1-10(2)15-17-11(3)7-14(18-15)19-9-13-6-4-5-12(13)8-16/h7,10,12-13H,4-6,8-9,16H2,1-3H3. The van der Waals surface area contributed by atoms with Crippen molar-refractivity contribution in [3.05, 3.63) is 17.6 Å². The molecule has 1 aromatic rings. The lowest BCUT2D eigenvalue weighted by Gasteiger charge is -2.18. The third-order valence-electron chi connectivity index (χ3n) is 3.93. The van der Waals surface area contributed by atoms with Gasteiger partial charge in [0.05, 0.1) is 6.61 Å². The summed E-state index contributed by atoms with van der Waals surface area (Å²) in [6.07, 6.45) is 3.74. The normalized spacial score (nSPS) is 23.0. The number of hydrogen-bond acceptors (Lipinski definition) is 4. The fourth-order valence-electron chi connectivity index (χ4n) is 2.73. The topological polar surface area (TPSA) is 61.0 Å². The van der Waals surface area contributed by atoms with Crippen molar-refractivity contribution in [3.8, 4) is 5.88 Å². The Morgan fingerprint density at radius 3 is 2.74 bits per heavy atom. The van der Waals surface area contributed by atoms with Crippen molar-refractivity contribution in [2.24, 2.45) is 17.6 Å². The molecule has 19 heavy (non-hydrogen) atoms. The summed E-state index contributed by atoms with van der Waals surface area (Å²) in [5, 5.41) is 0. The fourth-order valence-corrected chi connectivity index (χ4v) is 2.73. The van der Waals surface area contributed by atoms with Crippen LogP contribution in [0.4, 0.5) is 0 Å². The Kier molecular flexibility index (Phi) is 4.75. The summed E-state index contributed by atoms with van der Waals surface area (Å²) in [6, 6.07) is 1.91. The van der Waals surface area contributed by atoms with Gasteiger partial charge in [-0.3, -0.25) is 0 Å². The number of rotatable bonds is 5. The van der Waals surface area contributed by atoms with Crippen molar-refractivity contribution >= 4 is 0 Å². The van der Waals surface area contributed by atoms with E-state index in [-0.39, 0.29) is 0 Å². The number of ether oxygens (including phenoxy) is 1. The maximum atomic E-state index is 5.89. The van der Waals surface area contributed by atoms with E-state index in [1.54, 1.807) is 0 Å². The van der Waals surface area contributed by atoms with Crippen LogP contribution in [0, 0.1) is 18.8 Å². The van der Waals surface area contributed by atoms with Crippen molar-refractivity contribution in [2.75, 3.05) is 13.2 Å². The highest BCUT2D eigenvalue weighted by Crippen LogP contribution is 2.31. The first-order valence-electron chi connectivity index (χ1n) is 7.28. The first-order chi connectivity index (χ1) is 9.10. The van der Waals surface area contributed by atoms with Crippen LogP contribution in [0.25, 0.3) is 0 Å². The summed E-state index contributed by atoms with van der Waals surface area (Å²) in [4.78, 5) is 8.91. The molecule has 1 fully saturated rings. The van der Waals surface area contributed by atoms with Crippen molar-refractivity contribution in [1.82, 2.24) is 9.97 Å². The number of nitrogens with two attached hydrogens (primary N) is 1. The monoisotopic (exact) mass is 263 g/mol. The minimum absolute atomic E-state index is 0.325. The van der Waals surface area contributed by atoms with E-state index in [2.05, 4.69) is 23.8 Å². The van der Waals surface area contributed by atoms with Crippen molar-refractivity contribution in [1.29, 1.82) is 0 Å². The largest absolute Gasteiger partial charge is 0.477 e. The van der Waals surface area contributed by atoms with E-state index in [0.29, 0.717) is 23.6 Å². The Bertz CT molecular complexity index is 420. The van der Waals surface area contributed by atoms with Gasteiger partial charge in [0.1, 0.15) is 5.82 Å². The van der Waals surface area contributed by atoms with Crippen LogP contribution in [0.15, 0.2) is 6.07 Å². The molecule has 0 spiro atoms. The molecule has 0 radical (unpaired) electrons. The molecule has 2 atom stereocenters. The van der Waals surface area contributed by atoms with E-state index in [0.717, 1.165) is 24.7 Å². The summed E-state index contributed by atoms with van der Waals surface area (Å²) in [5.41, 5.74) is 6.77. The second-order valence-electron chi connectivity index (χ2n) is 5.86. The van der Waals surface area contributed by atoms with Gasteiger partial charge >= 0.3 is 0 Å². The molecular formula is C15H25N3O. The van der Waals surface area contributed by atoms with E-state index >= 15 is 0 Å². The van der Waals surface area contributed by atoms with Crippen LogP contribution in [-0.4, -0.2) is 23.1 Å². The zero-order valence-electron chi connectivity index (χ0n) is 12.2. The molecule has 4 nitrogen and oxygen atoms in total. The van der Waals surface area contributed by atoms with E-state index < -0.39 is 0 Å². The SMILES string of the molecule is Cc1cc(OCC2CCCC2CN)nc(C(C)C)n1. The summed E-state index contributed by atoms with van der Waals surface area (Å²) in [5.74, 6) is 3.09. The van der Waals surface area contributed by atoms with E-state index in [1.807, 2.05) is 13.0 Å². The third-order valence-corrected chi connectivity index (χ3v) is 3.93. The molecule has 1 aromatic heterocycles.